The predicted octanol–water partition coefficient (Wildman–Crippen LogP) is 3.61. The van der Waals surface area contributed by atoms with Crippen LogP contribution in [0.1, 0.15) is 15.9 Å². The fourth-order valence-electron chi connectivity index (χ4n) is 1.57. The Morgan fingerprint density at radius 3 is 2.53 bits per heavy atom. The van der Waals surface area contributed by atoms with Crippen molar-refractivity contribution >= 4 is 39.1 Å². The van der Waals surface area contributed by atoms with Crippen LogP contribution in [0.25, 0.3) is 0 Å². The molecule has 0 unspecified atom stereocenters. The number of halogens is 2. The SMILES string of the molecule is Nc1cc(C(=O)NCc2ccc(Cl)cc2)ccc1Br. The van der Waals surface area contributed by atoms with Crippen molar-refractivity contribution in [1.29, 1.82) is 0 Å². The fourth-order valence-corrected chi connectivity index (χ4v) is 1.94. The molecule has 0 fully saturated rings. The highest BCUT2D eigenvalue weighted by Gasteiger charge is 2.07. The van der Waals surface area contributed by atoms with Crippen molar-refractivity contribution in [2.24, 2.45) is 0 Å². The number of nitrogens with two attached hydrogens (primary N) is 1. The van der Waals surface area contributed by atoms with Crippen LogP contribution >= 0.6 is 27.5 Å². The molecule has 3 nitrogen and oxygen atoms in total. The van der Waals surface area contributed by atoms with E-state index in [9.17, 15) is 4.79 Å². The first-order chi connectivity index (χ1) is 9.06. The third-order valence-corrected chi connectivity index (χ3v) is 3.60. The van der Waals surface area contributed by atoms with Gasteiger partial charge in [-0.05, 0) is 51.8 Å². The largest absolute Gasteiger partial charge is 0.398 e. The minimum absolute atomic E-state index is 0.158. The van der Waals surface area contributed by atoms with Crippen LogP contribution in [0.2, 0.25) is 5.02 Å². The molecule has 0 atom stereocenters. The van der Waals surface area contributed by atoms with E-state index < -0.39 is 0 Å². The standard InChI is InChI=1S/C14H12BrClN2O/c15-12-6-3-10(7-13(12)17)14(19)18-8-9-1-4-11(16)5-2-9/h1-7H,8,17H2,(H,18,19). The summed E-state index contributed by atoms with van der Waals surface area (Å²) in [6.45, 7) is 0.450. The van der Waals surface area contributed by atoms with Gasteiger partial charge in [0, 0.05) is 27.3 Å². The van der Waals surface area contributed by atoms with Gasteiger partial charge >= 0.3 is 0 Å². The van der Waals surface area contributed by atoms with Gasteiger partial charge in [-0.25, -0.2) is 0 Å². The van der Waals surface area contributed by atoms with E-state index in [1.165, 1.54) is 0 Å². The van der Waals surface area contributed by atoms with Gasteiger partial charge in [-0.1, -0.05) is 23.7 Å². The van der Waals surface area contributed by atoms with Crippen molar-refractivity contribution in [3.05, 3.63) is 63.1 Å². The van der Waals surface area contributed by atoms with Gasteiger partial charge in [-0.3, -0.25) is 4.79 Å². The Morgan fingerprint density at radius 2 is 1.89 bits per heavy atom. The summed E-state index contributed by atoms with van der Waals surface area (Å²) in [5.74, 6) is -0.158. The fraction of sp³-hybridized carbons (Fsp3) is 0.0714. The predicted molar refractivity (Wildman–Crippen MR) is 81.2 cm³/mol. The van der Waals surface area contributed by atoms with E-state index in [1.54, 1.807) is 30.3 Å². The van der Waals surface area contributed by atoms with Crippen LogP contribution in [-0.4, -0.2) is 5.91 Å². The van der Waals surface area contributed by atoms with Crippen molar-refractivity contribution in [3.63, 3.8) is 0 Å². The number of rotatable bonds is 3. The van der Waals surface area contributed by atoms with Crippen LogP contribution in [-0.2, 0) is 6.54 Å². The number of benzene rings is 2. The Hall–Kier alpha value is -1.52. The van der Waals surface area contributed by atoms with Gasteiger partial charge in [-0.2, -0.15) is 0 Å². The van der Waals surface area contributed by atoms with Gasteiger partial charge in [0.1, 0.15) is 0 Å². The molecule has 19 heavy (non-hydrogen) atoms. The van der Waals surface area contributed by atoms with Crippen molar-refractivity contribution in [1.82, 2.24) is 5.32 Å². The number of hydrogen-bond acceptors (Lipinski definition) is 2. The lowest BCUT2D eigenvalue weighted by molar-refractivity contribution is 0.0951. The Bertz CT molecular complexity index is 599. The zero-order valence-electron chi connectivity index (χ0n) is 9.99. The summed E-state index contributed by atoms with van der Waals surface area (Å²) in [6.07, 6.45) is 0. The second-order valence-electron chi connectivity index (χ2n) is 4.05. The lowest BCUT2D eigenvalue weighted by Crippen LogP contribution is -2.22. The highest BCUT2D eigenvalue weighted by atomic mass is 79.9. The van der Waals surface area contributed by atoms with Crippen LogP contribution in [0.4, 0.5) is 5.69 Å². The van der Waals surface area contributed by atoms with Gasteiger partial charge in [0.15, 0.2) is 0 Å². The van der Waals surface area contributed by atoms with Crippen molar-refractivity contribution < 1.29 is 4.79 Å². The van der Waals surface area contributed by atoms with E-state index in [-0.39, 0.29) is 5.91 Å². The lowest BCUT2D eigenvalue weighted by Gasteiger charge is -2.07. The van der Waals surface area contributed by atoms with Crippen LogP contribution < -0.4 is 11.1 Å². The summed E-state index contributed by atoms with van der Waals surface area (Å²) in [5, 5.41) is 3.51. The lowest BCUT2D eigenvalue weighted by atomic mass is 10.1. The van der Waals surface area contributed by atoms with E-state index in [2.05, 4.69) is 21.2 Å². The molecule has 0 aliphatic rings. The molecule has 2 rings (SSSR count). The van der Waals surface area contributed by atoms with E-state index in [0.717, 1.165) is 10.0 Å². The third-order valence-electron chi connectivity index (χ3n) is 2.62. The van der Waals surface area contributed by atoms with Crippen molar-refractivity contribution in [2.45, 2.75) is 6.54 Å². The molecule has 2 aromatic rings. The van der Waals surface area contributed by atoms with Gasteiger partial charge in [0.25, 0.3) is 5.91 Å². The molecule has 0 spiro atoms. The summed E-state index contributed by atoms with van der Waals surface area (Å²) >= 11 is 9.09. The van der Waals surface area contributed by atoms with Gasteiger partial charge in [0.2, 0.25) is 0 Å². The van der Waals surface area contributed by atoms with Crippen molar-refractivity contribution in [3.8, 4) is 0 Å². The molecule has 0 heterocycles. The number of carbonyl (C=O) groups excluding carboxylic acids is 1. The summed E-state index contributed by atoms with van der Waals surface area (Å²) in [4.78, 5) is 11.9. The summed E-state index contributed by atoms with van der Waals surface area (Å²) < 4.78 is 0.779. The van der Waals surface area contributed by atoms with Crippen LogP contribution in [0.15, 0.2) is 46.9 Å². The molecule has 1 amide bonds. The summed E-state index contributed by atoms with van der Waals surface area (Å²) in [5.41, 5.74) is 7.81. The molecule has 0 radical (unpaired) electrons. The van der Waals surface area contributed by atoms with Crippen LogP contribution in [0.3, 0.4) is 0 Å². The molecule has 0 saturated carbocycles. The molecular formula is C14H12BrClN2O. The summed E-state index contributed by atoms with van der Waals surface area (Å²) in [7, 11) is 0. The minimum atomic E-state index is -0.158. The maximum absolute atomic E-state index is 11.9. The summed E-state index contributed by atoms with van der Waals surface area (Å²) in [6, 6.07) is 12.4. The van der Waals surface area contributed by atoms with Crippen molar-refractivity contribution in [2.75, 3.05) is 5.73 Å². The maximum Gasteiger partial charge on any atom is 0.251 e. The number of amides is 1. The second kappa shape index (κ2) is 6.08. The number of nitrogens with one attached hydrogen (secondary N) is 1. The average Bonchev–Trinajstić information content (AvgIpc) is 2.41. The van der Waals surface area contributed by atoms with Gasteiger partial charge in [0.05, 0.1) is 0 Å². The molecule has 0 aliphatic carbocycles. The van der Waals surface area contributed by atoms with E-state index in [4.69, 9.17) is 17.3 Å². The number of anilines is 1. The molecular weight excluding hydrogens is 328 g/mol. The maximum atomic E-state index is 11.9. The van der Waals surface area contributed by atoms with E-state index in [0.29, 0.717) is 22.8 Å². The molecule has 0 aliphatic heterocycles. The topological polar surface area (TPSA) is 55.1 Å². The zero-order chi connectivity index (χ0) is 13.8. The first-order valence-corrected chi connectivity index (χ1v) is 6.81. The zero-order valence-corrected chi connectivity index (χ0v) is 12.3. The Morgan fingerprint density at radius 1 is 1.21 bits per heavy atom. The van der Waals surface area contributed by atoms with Gasteiger partial charge < -0.3 is 11.1 Å². The minimum Gasteiger partial charge on any atom is -0.398 e. The number of carbonyl (C=O) groups is 1. The van der Waals surface area contributed by atoms with Crippen LogP contribution in [0, 0.1) is 0 Å². The van der Waals surface area contributed by atoms with Crippen LogP contribution in [0.5, 0.6) is 0 Å². The Balaban J connectivity index is 2.01. The highest BCUT2D eigenvalue weighted by Crippen LogP contribution is 2.20. The Kier molecular flexibility index (Phi) is 4.45. The second-order valence-corrected chi connectivity index (χ2v) is 5.34. The molecule has 98 valence electrons. The average molecular weight is 340 g/mol. The number of hydrogen-bond donors (Lipinski definition) is 2. The van der Waals surface area contributed by atoms with E-state index >= 15 is 0 Å². The third kappa shape index (κ3) is 3.72. The molecule has 2 aromatic carbocycles. The molecule has 0 bridgehead atoms. The first-order valence-electron chi connectivity index (χ1n) is 5.64. The monoisotopic (exact) mass is 338 g/mol. The molecule has 5 heteroatoms. The molecule has 0 saturated heterocycles. The molecule has 3 N–H and O–H groups in total. The van der Waals surface area contributed by atoms with Gasteiger partial charge in [-0.15, -0.1) is 0 Å². The first kappa shape index (κ1) is 13.9. The quantitative estimate of drug-likeness (QED) is 0.839. The Labute approximate surface area is 124 Å². The normalized spacial score (nSPS) is 10.2. The number of nitrogen functional groups attached to an aromatic ring is 1. The highest BCUT2D eigenvalue weighted by molar-refractivity contribution is 9.10. The molecule has 0 aromatic heterocycles. The smallest absolute Gasteiger partial charge is 0.251 e. The van der Waals surface area contributed by atoms with E-state index in [1.807, 2.05) is 12.1 Å².